The molecule has 0 radical (unpaired) electrons. The van der Waals surface area contributed by atoms with Crippen LogP contribution in [-0.4, -0.2) is 7.11 Å². The fourth-order valence-electron chi connectivity index (χ4n) is 1.82. The van der Waals surface area contributed by atoms with Gasteiger partial charge >= 0.3 is 0 Å². The van der Waals surface area contributed by atoms with Crippen LogP contribution in [0.2, 0.25) is 5.02 Å². The molecule has 0 aliphatic heterocycles. The van der Waals surface area contributed by atoms with Gasteiger partial charge in [-0.3, -0.25) is 0 Å². The summed E-state index contributed by atoms with van der Waals surface area (Å²) in [5.74, 6) is 0.671. The van der Waals surface area contributed by atoms with Crippen molar-refractivity contribution in [2.45, 2.75) is 6.92 Å². The average molecular weight is 248 g/mol. The van der Waals surface area contributed by atoms with Gasteiger partial charge in [-0.2, -0.15) is 0 Å². The fraction of sp³-hybridized carbons (Fsp3) is 0.143. The number of hydrogen-bond acceptors (Lipinski definition) is 2. The predicted molar refractivity (Wildman–Crippen MR) is 72.6 cm³/mol. The SMILES string of the molecule is COc1cc(-c2cc(C)cc(N)c2)ccc1Cl. The third-order valence-electron chi connectivity index (χ3n) is 2.58. The maximum atomic E-state index is 6.00. The lowest BCUT2D eigenvalue weighted by atomic mass is 10.0. The Labute approximate surface area is 106 Å². The van der Waals surface area contributed by atoms with Gasteiger partial charge in [0, 0.05) is 5.69 Å². The molecule has 0 saturated carbocycles. The quantitative estimate of drug-likeness (QED) is 0.817. The number of nitrogen functional groups attached to an aromatic ring is 1. The van der Waals surface area contributed by atoms with Crippen molar-refractivity contribution in [2.24, 2.45) is 0 Å². The molecule has 17 heavy (non-hydrogen) atoms. The lowest BCUT2D eigenvalue weighted by Gasteiger charge is -2.08. The van der Waals surface area contributed by atoms with Crippen LogP contribution in [0.3, 0.4) is 0 Å². The van der Waals surface area contributed by atoms with Crippen LogP contribution in [0.5, 0.6) is 5.75 Å². The van der Waals surface area contributed by atoms with Gasteiger partial charge in [0.1, 0.15) is 5.75 Å². The van der Waals surface area contributed by atoms with Gasteiger partial charge in [-0.15, -0.1) is 0 Å². The molecule has 2 aromatic carbocycles. The van der Waals surface area contributed by atoms with E-state index in [0.717, 1.165) is 22.4 Å². The lowest BCUT2D eigenvalue weighted by molar-refractivity contribution is 0.415. The monoisotopic (exact) mass is 247 g/mol. The van der Waals surface area contributed by atoms with Crippen LogP contribution in [0.15, 0.2) is 36.4 Å². The van der Waals surface area contributed by atoms with Crippen molar-refractivity contribution in [3.63, 3.8) is 0 Å². The number of ether oxygens (including phenoxy) is 1. The van der Waals surface area contributed by atoms with E-state index >= 15 is 0 Å². The maximum Gasteiger partial charge on any atom is 0.138 e. The van der Waals surface area contributed by atoms with E-state index in [1.807, 2.05) is 37.3 Å². The summed E-state index contributed by atoms with van der Waals surface area (Å²) < 4.78 is 5.20. The Morgan fingerprint density at radius 3 is 2.47 bits per heavy atom. The van der Waals surface area contributed by atoms with Crippen molar-refractivity contribution in [1.29, 1.82) is 0 Å². The highest BCUT2D eigenvalue weighted by Gasteiger charge is 2.05. The van der Waals surface area contributed by atoms with E-state index in [1.54, 1.807) is 7.11 Å². The van der Waals surface area contributed by atoms with Crippen LogP contribution >= 0.6 is 11.6 Å². The molecule has 0 spiro atoms. The van der Waals surface area contributed by atoms with Gasteiger partial charge in [0.25, 0.3) is 0 Å². The van der Waals surface area contributed by atoms with Crippen molar-refractivity contribution in [1.82, 2.24) is 0 Å². The molecule has 2 aromatic rings. The molecule has 0 heterocycles. The maximum absolute atomic E-state index is 6.00. The standard InChI is InChI=1S/C14H14ClNO/c1-9-5-11(7-12(16)6-9)10-3-4-13(15)14(8-10)17-2/h3-8H,16H2,1-2H3. The Morgan fingerprint density at radius 2 is 1.82 bits per heavy atom. The second-order valence-electron chi connectivity index (χ2n) is 3.98. The number of nitrogens with two attached hydrogens (primary N) is 1. The summed E-state index contributed by atoms with van der Waals surface area (Å²) in [5, 5.41) is 0.608. The van der Waals surface area contributed by atoms with Crippen molar-refractivity contribution in [3.8, 4) is 16.9 Å². The number of aryl methyl sites for hydroxylation is 1. The summed E-state index contributed by atoms with van der Waals surface area (Å²) in [6.07, 6.45) is 0. The highest BCUT2D eigenvalue weighted by molar-refractivity contribution is 6.32. The Morgan fingerprint density at radius 1 is 1.06 bits per heavy atom. The molecule has 0 atom stereocenters. The molecule has 0 aromatic heterocycles. The van der Waals surface area contributed by atoms with E-state index in [0.29, 0.717) is 10.8 Å². The number of benzene rings is 2. The van der Waals surface area contributed by atoms with Crippen molar-refractivity contribution in [2.75, 3.05) is 12.8 Å². The second kappa shape index (κ2) is 4.68. The zero-order valence-electron chi connectivity index (χ0n) is 9.83. The summed E-state index contributed by atoms with van der Waals surface area (Å²) in [4.78, 5) is 0. The van der Waals surface area contributed by atoms with Gasteiger partial charge in [0.15, 0.2) is 0 Å². The second-order valence-corrected chi connectivity index (χ2v) is 4.39. The molecule has 0 aliphatic rings. The first-order valence-electron chi connectivity index (χ1n) is 5.31. The number of hydrogen-bond donors (Lipinski definition) is 1. The van der Waals surface area contributed by atoms with Gasteiger partial charge in [0.05, 0.1) is 12.1 Å². The summed E-state index contributed by atoms with van der Waals surface area (Å²) in [7, 11) is 1.61. The van der Waals surface area contributed by atoms with E-state index in [1.165, 1.54) is 0 Å². The summed E-state index contributed by atoms with van der Waals surface area (Å²) >= 11 is 6.00. The minimum absolute atomic E-state index is 0.608. The van der Waals surface area contributed by atoms with Crippen molar-refractivity contribution < 1.29 is 4.74 Å². The Balaban J connectivity index is 2.52. The Hall–Kier alpha value is -1.67. The smallest absolute Gasteiger partial charge is 0.138 e. The minimum atomic E-state index is 0.608. The van der Waals surface area contributed by atoms with Crippen LogP contribution in [0.4, 0.5) is 5.69 Å². The summed E-state index contributed by atoms with van der Waals surface area (Å²) in [6.45, 7) is 2.02. The highest BCUT2D eigenvalue weighted by atomic mass is 35.5. The first-order chi connectivity index (χ1) is 8.10. The predicted octanol–water partition coefficient (Wildman–Crippen LogP) is 3.91. The highest BCUT2D eigenvalue weighted by Crippen LogP contribution is 2.31. The van der Waals surface area contributed by atoms with Gasteiger partial charge < -0.3 is 10.5 Å². The Kier molecular flexibility index (Phi) is 3.25. The lowest BCUT2D eigenvalue weighted by Crippen LogP contribution is -1.89. The molecule has 0 fully saturated rings. The van der Waals surface area contributed by atoms with Gasteiger partial charge in [0.2, 0.25) is 0 Å². The third-order valence-corrected chi connectivity index (χ3v) is 2.90. The number of rotatable bonds is 2. The van der Waals surface area contributed by atoms with E-state index in [9.17, 15) is 0 Å². The topological polar surface area (TPSA) is 35.2 Å². The van der Waals surface area contributed by atoms with Crippen molar-refractivity contribution in [3.05, 3.63) is 47.0 Å². The fourth-order valence-corrected chi connectivity index (χ4v) is 2.01. The molecule has 2 nitrogen and oxygen atoms in total. The molecule has 0 amide bonds. The molecule has 2 rings (SSSR count). The van der Waals surface area contributed by atoms with E-state index < -0.39 is 0 Å². The molecule has 0 saturated heterocycles. The van der Waals surface area contributed by atoms with Crippen molar-refractivity contribution >= 4 is 17.3 Å². The van der Waals surface area contributed by atoms with E-state index in [2.05, 4.69) is 6.07 Å². The first-order valence-corrected chi connectivity index (χ1v) is 5.69. The van der Waals surface area contributed by atoms with Crippen LogP contribution in [-0.2, 0) is 0 Å². The van der Waals surface area contributed by atoms with E-state index in [-0.39, 0.29) is 0 Å². The summed E-state index contributed by atoms with van der Waals surface area (Å²) in [6, 6.07) is 11.7. The molecule has 0 bridgehead atoms. The zero-order chi connectivity index (χ0) is 12.4. The molecule has 0 unspecified atom stereocenters. The van der Waals surface area contributed by atoms with Crippen LogP contribution in [0.1, 0.15) is 5.56 Å². The zero-order valence-corrected chi connectivity index (χ0v) is 10.6. The van der Waals surface area contributed by atoms with Crippen LogP contribution in [0.25, 0.3) is 11.1 Å². The van der Waals surface area contributed by atoms with E-state index in [4.69, 9.17) is 22.1 Å². The average Bonchev–Trinajstić information content (AvgIpc) is 2.28. The van der Waals surface area contributed by atoms with Crippen LogP contribution in [0, 0.1) is 6.92 Å². The van der Waals surface area contributed by atoms with Gasteiger partial charge in [-0.05, 0) is 47.9 Å². The number of methoxy groups -OCH3 is 1. The summed E-state index contributed by atoms with van der Waals surface area (Å²) in [5.41, 5.74) is 9.84. The first kappa shape index (κ1) is 11.8. The largest absolute Gasteiger partial charge is 0.495 e. The molecular weight excluding hydrogens is 234 g/mol. The third kappa shape index (κ3) is 2.53. The normalized spacial score (nSPS) is 10.3. The van der Waals surface area contributed by atoms with Gasteiger partial charge in [-0.25, -0.2) is 0 Å². The molecule has 2 N–H and O–H groups in total. The molecule has 3 heteroatoms. The Bertz CT molecular complexity index is 532. The molecular formula is C14H14ClNO. The minimum Gasteiger partial charge on any atom is -0.495 e. The number of anilines is 1. The van der Waals surface area contributed by atoms with Gasteiger partial charge in [-0.1, -0.05) is 23.7 Å². The van der Waals surface area contributed by atoms with Crippen LogP contribution < -0.4 is 10.5 Å². The number of halogens is 1. The molecule has 0 aliphatic carbocycles. The molecule has 88 valence electrons.